The third-order valence-electron chi connectivity index (χ3n) is 4.00. The molecule has 0 unspecified atom stereocenters. The number of nitrogens with zero attached hydrogens (tertiary/aromatic N) is 1. The molecule has 0 fully saturated rings. The number of nitrogens with one attached hydrogen (secondary N) is 2. The van der Waals surface area contributed by atoms with Gasteiger partial charge in [-0.1, -0.05) is 12.1 Å². The number of benzene rings is 2. The number of amides is 1. The van der Waals surface area contributed by atoms with E-state index in [1.54, 1.807) is 11.7 Å². The van der Waals surface area contributed by atoms with Crippen LogP contribution in [0.4, 0.5) is 11.4 Å². The predicted octanol–water partition coefficient (Wildman–Crippen LogP) is 3.24. The van der Waals surface area contributed by atoms with Crippen LogP contribution in [-0.4, -0.2) is 22.6 Å². The molecule has 0 atom stereocenters. The van der Waals surface area contributed by atoms with Gasteiger partial charge in [-0.3, -0.25) is 4.79 Å². The summed E-state index contributed by atoms with van der Waals surface area (Å²) in [6, 6.07) is 11.6. The molecule has 3 aromatic rings. The normalized spacial score (nSPS) is 14.9. The number of aliphatic hydroxyl groups is 1. The van der Waals surface area contributed by atoms with Crippen molar-refractivity contribution in [2.45, 2.75) is 6.42 Å². The number of aromatic nitrogens is 1. The highest BCUT2D eigenvalue weighted by molar-refractivity contribution is 7.17. The molecule has 2 heterocycles. The molecule has 1 aliphatic heterocycles. The first-order chi connectivity index (χ1) is 11.8. The van der Waals surface area contributed by atoms with Crippen LogP contribution in [0.25, 0.3) is 15.8 Å². The number of thiazole rings is 1. The Bertz CT molecular complexity index is 945. The summed E-state index contributed by atoms with van der Waals surface area (Å²) in [5.41, 5.74) is 6.99. The fraction of sp³-hybridized carbons (Fsp3) is 0.111. The molecule has 0 aliphatic carbocycles. The van der Waals surface area contributed by atoms with Crippen molar-refractivity contribution < 1.29 is 9.90 Å². The van der Waals surface area contributed by atoms with Gasteiger partial charge in [-0.2, -0.15) is 0 Å². The molecule has 3 N–H and O–H groups in total. The molecular formula is C18H15N3O2S. The van der Waals surface area contributed by atoms with E-state index in [9.17, 15) is 4.79 Å². The molecule has 120 valence electrons. The van der Waals surface area contributed by atoms with Crippen LogP contribution in [0.1, 0.15) is 11.1 Å². The molecule has 0 radical (unpaired) electrons. The van der Waals surface area contributed by atoms with Crippen LogP contribution in [0, 0.1) is 0 Å². The van der Waals surface area contributed by atoms with Gasteiger partial charge in [0.1, 0.15) is 0 Å². The molecule has 0 spiro atoms. The number of aliphatic hydroxyl groups excluding tert-OH is 1. The van der Waals surface area contributed by atoms with E-state index in [2.05, 4.69) is 15.6 Å². The Morgan fingerprint density at radius 2 is 2.04 bits per heavy atom. The zero-order valence-corrected chi connectivity index (χ0v) is 13.6. The van der Waals surface area contributed by atoms with E-state index < -0.39 is 0 Å². The van der Waals surface area contributed by atoms with Crippen LogP contribution >= 0.6 is 11.3 Å². The number of hydrogen-bond donors (Lipinski definition) is 3. The van der Waals surface area contributed by atoms with Crippen LogP contribution in [0.2, 0.25) is 0 Å². The molecular weight excluding hydrogens is 322 g/mol. The summed E-state index contributed by atoms with van der Waals surface area (Å²) in [4.78, 5) is 16.6. The fourth-order valence-electron chi connectivity index (χ4n) is 2.79. The number of carbonyl (C=O) groups is 1. The molecule has 4 rings (SSSR count). The molecule has 0 saturated heterocycles. The molecule has 0 saturated carbocycles. The number of rotatable bonds is 4. The minimum absolute atomic E-state index is 0.115. The van der Waals surface area contributed by atoms with Crippen LogP contribution in [0.3, 0.4) is 0 Å². The van der Waals surface area contributed by atoms with Gasteiger partial charge < -0.3 is 15.7 Å². The standard InChI is InChI=1S/C18H15N3O2S/c22-8-7-11-1-3-12(4-2-11)19-9-13-16-14(21-18(13)23)5-6-15-17(16)24-10-20-15/h1-6,9-10,19,22H,7-8H2,(H,21,23). The van der Waals surface area contributed by atoms with Crippen molar-refractivity contribution in [3.63, 3.8) is 0 Å². The molecule has 1 amide bonds. The SMILES string of the molecule is O=C1Nc2ccc3ncsc3c2C1=CNc1ccc(CCO)cc1. The maximum atomic E-state index is 12.3. The fourth-order valence-corrected chi connectivity index (χ4v) is 3.64. The zero-order valence-electron chi connectivity index (χ0n) is 12.7. The maximum absolute atomic E-state index is 12.3. The second-order valence-corrected chi connectivity index (χ2v) is 6.37. The van der Waals surface area contributed by atoms with E-state index in [0.29, 0.717) is 12.0 Å². The van der Waals surface area contributed by atoms with Crippen molar-refractivity contribution in [1.82, 2.24) is 4.98 Å². The topological polar surface area (TPSA) is 74.2 Å². The summed E-state index contributed by atoms with van der Waals surface area (Å²) in [5, 5.41) is 15.0. The summed E-state index contributed by atoms with van der Waals surface area (Å²) >= 11 is 1.53. The first-order valence-electron chi connectivity index (χ1n) is 7.60. The van der Waals surface area contributed by atoms with Crippen molar-refractivity contribution in [2.24, 2.45) is 0 Å². The monoisotopic (exact) mass is 337 g/mol. The lowest BCUT2D eigenvalue weighted by Crippen LogP contribution is -2.05. The Hall–Kier alpha value is -2.70. The lowest BCUT2D eigenvalue weighted by molar-refractivity contribution is -0.110. The highest BCUT2D eigenvalue weighted by Gasteiger charge is 2.27. The van der Waals surface area contributed by atoms with E-state index in [4.69, 9.17) is 5.11 Å². The molecule has 24 heavy (non-hydrogen) atoms. The van der Waals surface area contributed by atoms with E-state index in [1.165, 1.54) is 11.3 Å². The van der Waals surface area contributed by atoms with Crippen LogP contribution < -0.4 is 10.6 Å². The maximum Gasteiger partial charge on any atom is 0.257 e. The minimum Gasteiger partial charge on any atom is -0.396 e. The van der Waals surface area contributed by atoms with Gasteiger partial charge in [-0.15, -0.1) is 11.3 Å². The van der Waals surface area contributed by atoms with Crippen molar-refractivity contribution in [3.8, 4) is 0 Å². The zero-order chi connectivity index (χ0) is 16.5. The van der Waals surface area contributed by atoms with Gasteiger partial charge >= 0.3 is 0 Å². The smallest absolute Gasteiger partial charge is 0.257 e. The van der Waals surface area contributed by atoms with Gasteiger partial charge in [0.05, 0.1) is 27.0 Å². The van der Waals surface area contributed by atoms with Crippen molar-refractivity contribution in [1.29, 1.82) is 0 Å². The van der Waals surface area contributed by atoms with Crippen LogP contribution in [-0.2, 0) is 11.2 Å². The summed E-state index contributed by atoms with van der Waals surface area (Å²) < 4.78 is 1.01. The van der Waals surface area contributed by atoms with Gasteiger partial charge in [-0.25, -0.2) is 4.98 Å². The third-order valence-corrected chi connectivity index (χ3v) is 4.86. The van der Waals surface area contributed by atoms with Gasteiger partial charge in [0.25, 0.3) is 5.91 Å². The van der Waals surface area contributed by atoms with Gasteiger partial charge in [0.2, 0.25) is 0 Å². The third kappa shape index (κ3) is 2.55. The highest BCUT2D eigenvalue weighted by Crippen LogP contribution is 2.39. The Balaban J connectivity index is 1.66. The molecule has 2 aromatic carbocycles. The van der Waals surface area contributed by atoms with E-state index in [1.807, 2.05) is 36.4 Å². The first-order valence-corrected chi connectivity index (χ1v) is 8.48. The Morgan fingerprint density at radius 1 is 1.21 bits per heavy atom. The molecule has 6 heteroatoms. The van der Waals surface area contributed by atoms with Gasteiger partial charge in [-0.05, 0) is 36.2 Å². The second kappa shape index (κ2) is 6.07. The lowest BCUT2D eigenvalue weighted by atomic mass is 10.1. The van der Waals surface area contributed by atoms with Crippen molar-refractivity contribution >= 4 is 44.4 Å². The predicted molar refractivity (Wildman–Crippen MR) is 97.1 cm³/mol. The number of hydrogen-bond acceptors (Lipinski definition) is 5. The molecule has 5 nitrogen and oxygen atoms in total. The number of carbonyl (C=O) groups excluding carboxylic acids is 1. The van der Waals surface area contributed by atoms with Gasteiger partial charge in [0.15, 0.2) is 0 Å². The van der Waals surface area contributed by atoms with E-state index in [0.717, 1.165) is 32.7 Å². The van der Waals surface area contributed by atoms with Crippen molar-refractivity contribution in [2.75, 3.05) is 17.2 Å². The Kier molecular flexibility index (Phi) is 3.76. The van der Waals surface area contributed by atoms with Crippen LogP contribution in [0.15, 0.2) is 48.1 Å². The first kappa shape index (κ1) is 14.9. The van der Waals surface area contributed by atoms with Gasteiger partial charge in [0, 0.05) is 24.1 Å². The molecule has 1 aromatic heterocycles. The summed E-state index contributed by atoms with van der Waals surface area (Å²) in [6.07, 6.45) is 2.38. The average molecular weight is 337 g/mol. The highest BCUT2D eigenvalue weighted by atomic mass is 32.1. The Morgan fingerprint density at radius 3 is 2.83 bits per heavy atom. The quantitative estimate of drug-likeness (QED) is 0.639. The summed E-state index contributed by atoms with van der Waals surface area (Å²) in [5.74, 6) is -0.115. The number of fused-ring (bicyclic) bond motifs is 3. The number of anilines is 2. The van der Waals surface area contributed by atoms with Crippen molar-refractivity contribution in [3.05, 3.63) is 59.2 Å². The summed E-state index contributed by atoms with van der Waals surface area (Å²) in [7, 11) is 0. The second-order valence-electron chi connectivity index (χ2n) is 5.52. The minimum atomic E-state index is -0.115. The van der Waals surface area contributed by atoms with E-state index >= 15 is 0 Å². The van der Waals surface area contributed by atoms with E-state index in [-0.39, 0.29) is 12.5 Å². The lowest BCUT2D eigenvalue weighted by Gasteiger charge is -2.05. The average Bonchev–Trinajstić information content (AvgIpc) is 3.18. The molecule has 0 bridgehead atoms. The Labute approximate surface area is 142 Å². The molecule has 1 aliphatic rings. The van der Waals surface area contributed by atoms with Crippen LogP contribution in [0.5, 0.6) is 0 Å². The summed E-state index contributed by atoms with van der Waals surface area (Å²) in [6.45, 7) is 0.138. The largest absolute Gasteiger partial charge is 0.396 e.